The lowest BCUT2D eigenvalue weighted by Gasteiger charge is -2.06. The van der Waals surface area contributed by atoms with E-state index < -0.39 is 0 Å². The van der Waals surface area contributed by atoms with Crippen LogP contribution in [0.25, 0.3) is 21.8 Å². The quantitative estimate of drug-likeness (QED) is 0.198. The molecule has 0 unspecified atom stereocenters. The molecule has 1 N–H and O–H groups in total. The van der Waals surface area contributed by atoms with Gasteiger partial charge < -0.3 is 9.98 Å². The average molecular weight is 409 g/mol. The molecule has 0 aliphatic carbocycles. The number of hydrogen-bond acceptors (Lipinski definition) is 2. The zero-order valence-electron chi connectivity index (χ0n) is 18.4. The van der Waals surface area contributed by atoms with Gasteiger partial charge in [0.15, 0.2) is 5.78 Å². The van der Waals surface area contributed by atoms with Crippen LogP contribution in [-0.2, 0) is 6.54 Å². The molecule has 0 aliphatic heterocycles. The third-order valence-electron chi connectivity index (χ3n) is 5.98. The van der Waals surface area contributed by atoms with Crippen LogP contribution in [0.2, 0.25) is 0 Å². The summed E-state index contributed by atoms with van der Waals surface area (Å²) in [5, 5.41) is 10.7. The van der Waals surface area contributed by atoms with E-state index in [1.165, 1.54) is 0 Å². The van der Waals surface area contributed by atoms with Crippen LogP contribution in [-0.4, -0.2) is 16.1 Å². The number of ketones is 1. The van der Waals surface area contributed by atoms with Crippen molar-refractivity contribution in [2.75, 3.05) is 0 Å². The van der Waals surface area contributed by atoms with Gasteiger partial charge in [0.1, 0.15) is 0 Å². The van der Waals surface area contributed by atoms with Gasteiger partial charge in [0.2, 0.25) is 0 Å². The zero-order valence-corrected chi connectivity index (χ0v) is 18.4. The second kappa shape index (κ2) is 8.73. The summed E-state index contributed by atoms with van der Waals surface area (Å²) in [6.45, 7) is 6.97. The van der Waals surface area contributed by atoms with Crippen LogP contribution < -0.4 is 0 Å². The van der Waals surface area contributed by atoms with Crippen molar-refractivity contribution in [3.8, 4) is 0 Å². The average Bonchev–Trinajstić information content (AvgIpc) is 3.11. The Labute approximate surface area is 183 Å². The molecule has 1 heterocycles. The lowest BCUT2D eigenvalue weighted by atomic mass is 9.97. The van der Waals surface area contributed by atoms with Crippen molar-refractivity contribution in [1.82, 2.24) is 4.57 Å². The standard InChI is InChI=1S/C28H28N2O/c1-4-6-7-12-25(29)20-13-15-26-23(17-20)24-18-21(14-16-27(24)30(26)5-2)28(31)22-11-9-8-10-19(22)3/h4,6,8-11,13-18,29H,5,7,12H2,1-3H3/b6-4+,29-25?. The zero-order chi connectivity index (χ0) is 22.0. The van der Waals surface area contributed by atoms with Crippen LogP contribution in [0.3, 0.4) is 0 Å². The van der Waals surface area contributed by atoms with Gasteiger partial charge >= 0.3 is 0 Å². The topological polar surface area (TPSA) is 45.9 Å². The largest absolute Gasteiger partial charge is 0.341 e. The van der Waals surface area contributed by atoms with Crippen molar-refractivity contribution in [2.24, 2.45) is 0 Å². The molecular weight excluding hydrogens is 380 g/mol. The highest BCUT2D eigenvalue weighted by molar-refractivity contribution is 6.16. The molecule has 3 heteroatoms. The summed E-state index contributed by atoms with van der Waals surface area (Å²) in [4.78, 5) is 13.2. The summed E-state index contributed by atoms with van der Waals surface area (Å²) >= 11 is 0. The number of nitrogens with zero attached hydrogens (tertiary/aromatic N) is 1. The summed E-state index contributed by atoms with van der Waals surface area (Å²) < 4.78 is 2.28. The molecular formula is C28H28N2O. The monoisotopic (exact) mass is 408 g/mol. The van der Waals surface area contributed by atoms with Gasteiger partial charge in [-0.2, -0.15) is 0 Å². The summed E-state index contributed by atoms with van der Waals surface area (Å²) in [6, 6.07) is 20.0. The second-order valence-corrected chi connectivity index (χ2v) is 7.94. The van der Waals surface area contributed by atoms with Crippen molar-refractivity contribution in [3.63, 3.8) is 0 Å². The summed E-state index contributed by atoms with van der Waals surface area (Å²) in [5.74, 6) is 0.0487. The minimum atomic E-state index is 0.0487. The summed E-state index contributed by atoms with van der Waals surface area (Å²) in [6.07, 6.45) is 5.72. The number of benzene rings is 3. The lowest BCUT2D eigenvalue weighted by molar-refractivity contribution is 0.103. The van der Waals surface area contributed by atoms with E-state index in [9.17, 15) is 4.79 Å². The highest BCUT2D eigenvalue weighted by Gasteiger charge is 2.16. The fourth-order valence-corrected chi connectivity index (χ4v) is 4.30. The molecule has 4 aromatic rings. The van der Waals surface area contributed by atoms with Crippen LogP contribution in [0.1, 0.15) is 53.7 Å². The van der Waals surface area contributed by atoms with E-state index in [1.807, 2.05) is 62.4 Å². The van der Waals surface area contributed by atoms with E-state index in [-0.39, 0.29) is 5.78 Å². The molecule has 1 aromatic heterocycles. The lowest BCUT2D eigenvalue weighted by Crippen LogP contribution is -2.03. The Hall–Kier alpha value is -3.46. The Morgan fingerprint density at radius 2 is 1.61 bits per heavy atom. The minimum absolute atomic E-state index is 0.0487. The molecule has 0 saturated heterocycles. The van der Waals surface area contributed by atoms with Gasteiger partial charge in [-0.25, -0.2) is 0 Å². The number of carbonyl (C=O) groups is 1. The molecule has 3 nitrogen and oxygen atoms in total. The van der Waals surface area contributed by atoms with Crippen LogP contribution in [0.4, 0.5) is 0 Å². The maximum atomic E-state index is 13.2. The molecule has 0 atom stereocenters. The van der Waals surface area contributed by atoms with Crippen LogP contribution in [0.15, 0.2) is 72.8 Å². The normalized spacial score (nSPS) is 11.6. The second-order valence-electron chi connectivity index (χ2n) is 7.94. The molecule has 0 fully saturated rings. The summed E-state index contributed by atoms with van der Waals surface area (Å²) in [5.41, 5.74) is 6.28. The molecule has 0 saturated carbocycles. The number of hydrogen-bond donors (Lipinski definition) is 1. The van der Waals surface area contributed by atoms with Crippen LogP contribution >= 0.6 is 0 Å². The third-order valence-corrected chi connectivity index (χ3v) is 5.98. The highest BCUT2D eigenvalue weighted by Crippen LogP contribution is 2.31. The van der Waals surface area contributed by atoms with Gasteiger partial charge in [0.05, 0.1) is 0 Å². The van der Waals surface area contributed by atoms with E-state index in [4.69, 9.17) is 5.41 Å². The number of rotatable bonds is 7. The number of fused-ring (bicyclic) bond motifs is 3. The number of aryl methyl sites for hydroxylation is 2. The Balaban J connectivity index is 1.84. The first-order valence-electron chi connectivity index (χ1n) is 10.9. The molecule has 0 radical (unpaired) electrons. The van der Waals surface area contributed by atoms with Crippen molar-refractivity contribution < 1.29 is 4.79 Å². The molecule has 0 amide bonds. The molecule has 3 aromatic carbocycles. The number of aromatic nitrogens is 1. The number of carbonyl (C=O) groups excluding carboxylic acids is 1. The first-order valence-corrected chi connectivity index (χ1v) is 10.9. The van der Waals surface area contributed by atoms with Crippen LogP contribution in [0.5, 0.6) is 0 Å². The predicted octanol–water partition coefficient (Wildman–Crippen LogP) is 7.08. The fourth-order valence-electron chi connectivity index (χ4n) is 4.30. The Morgan fingerprint density at radius 3 is 2.26 bits per heavy atom. The predicted molar refractivity (Wildman–Crippen MR) is 131 cm³/mol. The molecule has 31 heavy (non-hydrogen) atoms. The van der Waals surface area contributed by atoms with Crippen LogP contribution in [0, 0.1) is 12.3 Å². The van der Waals surface area contributed by atoms with E-state index in [0.717, 1.165) is 57.9 Å². The Kier molecular flexibility index (Phi) is 5.85. The van der Waals surface area contributed by atoms with Gasteiger partial charge in [-0.05, 0) is 75.1 Å². The summed E-state index contributed by atoms with van der Waals surface area (Å²) in [7, 11) is 0. The smallest absolute Gasteiger partial charge is 0.193 e. The Bertz CT molecular complexity index is 1320. The van der Waals surface area contributed by atoms with Gasteiger partial charge in [-0.15, -0.1) is 0 Å². The van der Waals surface area contributed by atoms with Crippen molar-refractivity contribution in [1.29, 1.82) is 5.41 Å². The van der Waals surface area contributed by atoms with E-state index in [2.05, 4.69) is 35.8 Å². The molecule has 0 spiro atoms. The molecule has 0 bridgehead atoms. The molecule has 156 valence electrons. The number of allylic oxidation sites excluding steroid dienone is 2. The van der Waals surface area contributed by atoms with Crippen molar-refractivity contribution >= 4 is 33.3 Å². The third kappa shape index (κ3) is 3.84. The molecule has 4 rings (SSSR count). The van der Waals surface area contributed by atoms with Crippen molar-refractivity contribution in [3.05, 3.63) is 95.1 Å². The van der Waals surface area contributed by atoms with Gasteiger partial charge in [-0.3, -0.25) is 4.79 Å². The van der Waals surface area contributed by atoms with E-state index in [0.29, 0.717) is 11.3 Å². The van der Waals surface area contributed by atoms with E-state index in [1.54, 1.807) is 0 Å². The highest BCUT2D eigenvalue weighted by atomic mass is 16.1. The maximum Gasteiger partial charge on any atom is 0.193 e. The minimum Gasteiger partial charge on any atom is -0.341 e. The SMILES string of the molecule is C/C=C/CCC(=N)c1ccc2c(c1)c1cc(C(=O)c3ccccc3C)ccc1n2CC. The van der Waals surface area contributed by atoms with Gasteiger partial charge in [0, 0.05) is 45.2 Å². The maximum absolute atomic E-state index is 13.2. The first kappa shape index (κ1) is 20.8. The Morgan fingerprint density at radius 1 is 0.968 bits per heavy atom. The fraction of sp³-hybridized carbons (Fsp3) is 0.214. The van der Waals surface area contributed by atoms with Crippen molar-refractivity contribution in [2.45, 2.75) is 40.2 Å². The molecule has 0 aliphatic rings. The van der Waals surface area contributed by atoms with E-state index >= 15 is 0 Å². The number of nitrogens with one attached hydrogen (secondary N) is 1. The first-order chi connectivity index (χ1) is 15.0. The van der Waals surface area contributed by atoms with Gasteiger partial charge in [-0.1, -0.05) is 42.5 Å². The van der Waals surface area contributed by atoms with Gasteiger partial charge in [0.25, 0.3) is 0 Å².